The Labute approximate surface area is 96.0 Å². The first-order valence-electron chi connectivity index (χ1n) is 5.47. The first-order chi connectivity index (χ1) is 6.61. The van der Waals surface area contributed by atoms with E-state index in [-0.39, 0.29) is 5.91 Å². The average Bonchev–Trinajstić information content (AvgIpc) is 2.14. The Morgan fingerprint density at radius 2 is 2.07 bits per heavy atom. The lowest BCUT2D eigenvalue weighted by Crippen LogP contribution is -2.38. The van der Waals surface area contributed by atoms with Crippen LogP contribution in [0.1, 0.15) is 46.5 Å². The van der Waals surface area contributed by atoms with E-state index in [0.717, 1.165) is 24.6 Å². The van der Waals surface area contributed by atoms with Gasteiger partial charge in [-0.3, -0.25) is 4.79 Å². The van der Waals surface area contributed by atoms with E-state index >= 15 is 0 Å². The van der Waals surface area contributed by atoms with Crippen LogP contribution in [0.4, 0.5) is 0 Å². The largest absolute Gasteiger partial charge is 0.353 e. The Morgan fingerprint density at radius 3 is 2.50 bits per heavy atom. The number of halogens is 1. The summed E-state index contributed by atoms with van der Waals surface area (Å²) in [5.41, 5.74) is 0. The summed E-state index contributed by atoms with van der Waals surface area (Å²) in [5.74, 6) is 0.713. The van der Waals surface area contributed by atoms with Crippen LogP contribution < -0.4 is 5.32 Å². The molecule has 0 rings (SSSR count). The van der Waals surface area contributed by atoms with Crippen LogP contribution in [0.3, 0.4) is 0 Å². The fourth-order valence-electron chi connectivity index (χ4n) is 1.31. The first kappa shape index (κ1) is 13.9. The summed E-state index contributed by atoms with van der Waals surface area (Å²) in [6, 6.07) is 0.318. The van der Waals surface area contributed by atoms with Gasteiger partial charge in [0.15, 0.2) is 0 Å². The number of rotatable bonds is 7. The van der Waals surface area contributed by atoms with Gasteiger partial charge in [-0.15, -0.1) is 0 Å². The molecular formula is C11H22BrNO. The van der Waals surface area contributed by atoms with Crippen LogP contribution in [0.5, 0.6) is 0 Å². The number of hydrogen-bond acceptors (Lipinski definition) is 1. The van der Waals surface area contributed by atoms with Crippen LogP contribution in [0, 0.1) is 5.92 Å². The molecule has 0 aromatic heterocycles. The standard InChI is InChI=1S/C11H22BrNO/c1-4-5-6-11(14)13-10(7-8-12)9(2)3/h9-10H,4-8H2,1-3H3,(H,13,14). The van der Waals surface area contributed by atoms with Gasteiger partial charge in [-0.2, -0.15) is 0 Å². The minimum Gasteiger partial charge on any atom is -0.353 e. The van der Waals surface area contributed by atoms with E-state index in [9.17, 15) is 4.79 Å². The highest BCUT2D eigenvalue weighted by atomic mass is 79.9. The van der Waals surface area contributed by atoms with Crippen molar-refractivity contribution >= 4 is 21.8 Å². The summed E-state index contributed by atoms with van der Waals surface area (Å²) >= 11 is 3.41. The average molecular weight is 264 g/mol. The molecule has 0 aromatic rings. The van der Waals surface area contributed by atoms with Crippen molar-refractivity contribution in [2.45, 2.75) is 52.5 Å². The normalized spacial score (nSPS) is 12.9. The number of nitrogens with one attached hydrogen (secondary N) is 1. The van der Waals surface area contributed by atoms with Gasteiger partial charge in [-0.05, 0) is 18.8 Å². The van der Waals surface area contributed by atoms with Crippen LogP contribution in [0.25, 0.3) is 0 Å². The third-order valence-electron chi connectivity index (χ3n) is 2.33. The molecule has 1 amide bonds. The van der Waals surface area contributed by atoms with Gasteiger partial charge in [-0.1, -0.05) is 43.1 Å². The molecule has 3 heteroatoms. The number of carbonyl (C=O) groups is 1. The summed E-state index contributed by atoms with van der Waals surface area (Å²) in [6.07, 6.45) is 3.75. The predicted molar refractivity (Wildman–Crippen MR) is 64.7 cm³/mol. The summed E-state index contributed by atoms with van der Waals surface area (Å²) in [4.78, 5) is 11.5. The zero-order chi connectivity index (χ0) is 11.0. The predicted octanol–water partition coefficient (Wildman–Crippen LogP) is 3.10. The van der Waals surface area contributed by atoms with E-state index in [1.54, 1.807) is 0 Å². The van der Waals surface area contributed by atoms with Crippen molar-refractivity contribution in [2.75, 3.05) is 5.33 Å². The third kappa shape index (κ3) is 6.41. The molecule has 0 spiro atoms. The highest BCUT2D eigenvalue weighted by molar-refractivity contribution is 9.09. The van der Waals surface area contributed by atoms with Crippen molar-refractivity contribution in [3.63, 3.8) is 0 Å². The highest BCUT2D eigenvalue weighted by Crippen LogP contribution is 2.08. The lowest BCUT2D eigenvalue weighted by Gasteiger charge is -2.21. The van der Waals surface area contributed by atoms with Gasteiger partial charge in [0.25, 0.3) is 0 Å². The van der Waals surface area contributed by atoms with Crippen molar-refractivity contribution in [3.8, 4) is 0 Å². The van der Waals surface area contributed by atoms with Gasteiger partial charge in [0, 0.05) is 17.8 Å². The highest BCUT2D eigenvalue weighted by Gasteiger charge is 2.14. The second-order valence-electron chi connectivity index (χ2n) is 4.00. The number of hydrogen-bond donors (Lipinski definition) is 1. The van der Waals surface area contributed by atoms with Gasteiger partial charge < -0.3 is 5.32 Å². The molecule has 0 aliphatic heterocycles. The second kappa shape index (κ2) is 8.27. The molecule has 14 heavy (non-hydrogen) atoms. The molecular weight excluding hydrogens is 242 g/mol. The molecule has 0 aliphatic rings. The SMILES string of the molecule is CCCCC(=O)NC(CCBr)C(C)C. The van der Waals surface area contributed by atoms with E-state index in [0.29, 0.717) is 18.4 Å². The van der Waals surface area contributed by atoms with Gasteiger partial charge >= 0.3 is 0 Å². The molecule has 1 atom stereocenters. The fourth-order valence-corrected chi connectivity index (χ4v) is 1.80. The lowest BCUT2D eigenvalue weighted by molar-refractivity contribution is -0.122. The van der Waals surface area contributed by atoms with Gasteiger partial charge in [-0.25, -0.2) is 0 Å². The number of alkyl halides is 1. The van der Waals surface area contributed by atoms with Crippen LogP contribution >= 0.6 is 15.9 Å². The number of unbranched alkanes of at least 4 members (excludes halogenated alkanes) is 1. The molecule has 0 aliphatic carbocycles. The summed E-state index contributed by atoms with van der Waals surface area (Å²) in [6.45, 7) is 6.40. The molecule has 84 valence electrons. The monoisotopic (exact) mass is 263 g/mol. The molecule has 0 saturated heterocycles. The zero-order valence-corrected chi connectivity index (χ0v) is 11.1. The number of carbonyl (C=O) groups excluding carboxylic acids is 1. The molecule has 2 nitrogen and oxygen atoms in total. The Balaban J connectivity index is 3.83. The summed E-state index contributed by atoms with van der Waals surface area (Å²) < 4.78 is 0. The van der Waals surface area contributed by atoms with E-state index in [4.69, 9.17) is 0 Å². The Morgan fingerprint density at radius 1 is 1.43 bits per heavy atom. The molecule has 0 heterocycles. The molecule has 1 N–H and O–H groups in total. The maximum absolute atomic E-state index is 11.5. The lowest BCUT2D eigenvalue weighted by atomic mass is 10.0. The molecule has 1 unspecified atom stereocenters. The number of amides is 1. The van der Waals surface area contributed by atoms with Crippen molar-refractivity contribution in [1.82, 2.24) is 5.32 Å². The smallest absolute Gasteiger partial charge is 0.220 e. The molecule has 0 bridgehead atoms. The Kier molecular flexibility index (Phi) is 8.24. The third-order valence-corrected chi connectivity index (χ3v) is 2.79. The fraction of sp³-hybridized carbons (Fsp3) is 0.909. The molecule has 0 fully saturated rings. The first-order valence-corrected chi connectivity index (χ1v) is 6.59. The minimum absolute atomic E-state index is 0.200. The molecule has 0 radical (unpaired) electrons. The van der Waals surface area contributed by atoms with Crippen molar-refractivity contribution in [1.29, 1.82) is 0 Å². The van der Waals surface area contributed by atoms with Crippen LogP contribution in [-0.4, -0.2) is 17.3 Å². The van der Waals surface area contributed by atoms with Crippen molar-refractivity contribution in [2.24, 2.45) is 5.92 Å². The minimum atomic E-state index is 0.200. The van der Waals surface area contributed by atoms with Crippen molar-refractivity contribution in [3.05, 3.63) is 0 Å². The van der Waals surface area contributed by atoms with E-state index < -0.39 is 0 Å². The maximum Gasteiger partial charge on any atom is 0.220 e. The van der Waals surface area contributed by atoms with Crippen LogP contribution in [-0.2, 0) is 4.79 Å². The van der Waals surface area contributed by atoms with Crippen LogP contribution in [0.2, 0.25) is 0 Å². The molecule has 0 aromatic carbocycles. The Bertz CT molecular complexity index is 159. The second-order valence-corrected chi connectivity index (χ2v) is 4.79. The van der Waals surface area contributed by atoms with E-state index in [2.05, 4.69) is 42.0 Å². The van der Waals surface area contributed by atoms with Crippen LogP contribution in [0.15, 0.2) is 0 Å². The topological polar surface area (TPSA) is 29.1 Å². The van der Waals surface area contributed by atoms with Gasteiger partial charge in [0.2, 0.25) is 5.91 Å². The van der Waals surface area contributed by atoms with E-state index in [1.165, 1.54) is 0 Å². The maximum atomic E-state index is 11.5. The molecule has 0 saturated carbocycles. The van der Waals surface area contributed by atoms with Gasteiger partial charge in [0.05, 0.1) is 0 Å². The van der Waals surface area contributed by atoms with E-state index in [1.807, 2.05) is 0 Å². The quantitative estimate of drug-likeness (QED) is 0.703. The van der Waals surface area contributed by atoms with Crippen molar-refractivity contribution < 1.29 is 4.79 Å². The summed E-state index contributed by atoms with van der Waals surface area (Å²) in [5, 5.41) is 4.03. The zero-order valence-electron chi connectivity index (χ0n) is 9.48. The summed E-state index contributed by atoms with van der Waals surface area (Å²) in [7, 11) is 0. The Hall–Kier alpha value is -0.0500. The van der Waals surface area contributed by atoms with Gasteiger partial charge in [0.1, 0.15) is 0 Å².